The Morgan fingerprint density at radius 1 is 1.30 bits per heavy atom. The number of halogens is 1. The van der Waals surface area contributed by atoms with Crippen molar-refractivity contribution in [3.63, 3.8) is 0 Å². The van der Waals surface area contributed by atoms with Gasteiger partial charge in [0.2, 0.25) is 0 Å². The van der Waals surface area contributed by atoms with Crippen molar-refractivity contribution >= 4 is 23.1 Å². The number of hydrogen-bond donors (Lipinski definition) is 0. The van der Waals surface area contributed by atoms with E-state index in [9.17, 15) is 4.79 Å². The van der Waals surface area contributed by atoms with E-state index in [1.54, 1.807) is 18.3 Å². The van der Waals surface area contributed by atoms with Crippen molar-refractivity contribution in [2.75, 3.05) is 18.5 Å². The van der Waals surface area contributed by atoms with E-state index >= 15 is 0 Å². The normalized spacial score (nSPS) is 10.3. The van der Waals surface area contributed by atoms with E-state index in [1.165, 1.54) is 6.92 Å². The molecule has 4 heteroatoms. The van der Waals surface area contributed by atoms with E-state index in [4.69, 9.17) is 11.6 Å². The lowest BCUT2D eigenvalue weighted by Crippen LogP contribution is -2.21. The third kappa shape index (κ3) is 3.58. The Balaban J connectivity index is 2.06. The highest BCUT2D eigenvalue weighted by Gasteiger charge is 2.09. The highest BCUT2D eigenvalue weighted by atomic mass is 35.5. The van der Waals surface area contributed by atoms with Gasteiger partial charge in [-0.15, -0.1) is 0 Å². The number of aromatic nitrogens is 1. The zero-order valence-electron chi connectivity index (χ0n) is 11.6. The van der Waals surface area contributed by atoms with Gasteiger partial charge in [0, 0.05) is 37.5 Å². The number of anilines is 1. The van der Waals surface area contributed by atoms with E-state index in [-0.39, 0.29) is 5.78 Å². The summed E-state index contributed by atoms with van der Waals surface area (Å²) in [6, 6.07) is 11.3. The van der Waals surface area contributed by atoms with Gasteiger partial charge in [-0.05, 0) is 37.3 Å². The maximum Gasteiger partial charge on any atom is 0.159 e. The number of Topliss-reactive ketones (excluding diaryl/α,β-unsaturated/α-hetero) is 1. The van der Waals surface area contributed by atoms with Crippen molar-refractivity contribution in [1.82, 2.24) is 4.98 Å². The van der Waals surface area contributed by atoms with Gasteiger partial charge < -0.3 is 4.90 Å². The molecule has 0 spiro atoms. The van der Waals surface area contributed by atoms with E-state index in [0.29, 0.717) is 10.6 Å². The van der Waals surface area contributed by atoms with Crippen LogP contribution < -0.4 is 4.90 Å². The van der Waals surface area contributed by atoms with Gasteiger partial charge in [-0.2, -0.15) is 0 Å². The number of ketones is 1. The zero-order valence-corrected chi connectivity index (χ0v) is 12.4. The summed E-state index contributed by atoms with van der Waals surface area (Å²) in [6.07, 6.45) is 2.64. The minimum Gasteiger partial charge on any atom is -0.373 e. The minimum atomic E-state index is 0.0228. The molecular weight excluding hydrogens is 272 g/mol. The van der Waals surface area contributed by atoms with Gasteiger partial charge in [-0.3, -0.25) is 9.78 Å². The standard InChI is InChI=1S/C16H17ClN2O/c1-12(20)13-6-7-16(15(17)11-13)19(2)10-8-14-5-3-4-9-18-14/h3-7,9,11H,8,10H2,1-2H3. The van der Waals surface area contributed by atoms with E-state index in [2.05, 4.69) is 9.88 Å². The SMILES string of the molecule is CC(=O)c1ccc(N(C)CCc2ccccn2)c(Cl)c1. The van der Waals surface area contributed by atoms with Gasteiger partial charge in [0.05, 0.1) is 10.7 Å². The Morgan fingerprint density at radius 3 is 2.70 bits per heavy atom. The van der Waals surface area contributed by atoms with Crippen LogP contribution in [0.3, 0.4) is 0 Å². The molecule has 0 aliphatic rings. The van der Waals surface area contributed by atoms with Gasteiger partial charge in [0.25, 0.3) is 0 Å². The highest BCUT2D eigenvalue weighted by Crippen LogP contribution is 2.26. The number of hydrogen-bond acceptors (Lipinski definition) is 3. The molecule has 0 aliphatic heterocycles. The molecule has 2 aromatic rings. The first-order valence-electron chi connectivity index (χ1n) is 6.49. The summed E-state index contributed by atoms with van der Waals surface area (Å²) in [5.41, 5.74) is 2.61. The molecule has 0 amide bonds. The summed E-state index contributed by atoms with van der Waals surface area (Å²) in [4.78, 5) is 17.7. The monoisotopic (exact) mass is 288 g/mol. The zero-order chi connectivity index (χ0) is 14.5. The predicted molar refractivity (Wildman–Crippen MR) is 82.7 cm³/mol. The maximum absolute atomic E-state index is 11.3. The molecule has 0 fully saturated rings. The molecule has 0 atom stereocenters. The molecule has 0 N–H and O–H groups in total. The molecule has 0 saturated heterocycles. The molecule has 2 rings (SSSR count). The van der Waals surface area contributed by atoms with E-state index in [1.807, 2.05) is 31.3 Å². The largest absolute Gasteiger partial charge is 0.373 e. The lowest BCUT2D eigenvalue weighted by atomic mass is 10.1. The fraction of sp³-hybridized carbons (Fsp3) is 0.250. The molecular formula is C16H17ClN2O. The summed E-state index contributed by atoms with van der Waals surface area (Å²) in [5.74, 6) is 0.0228. The Hall–Kier alpha value is -1.87. The van der Waals surface area contributed by atoms with Gasteiger partial charge in [0.15, 0.2) is 5.78 Å². The first-order valence-corrected chi connectivity index (χ1v) is 6.87. The maximum atomic E-state index is 11.3. The van der Waals surface area contributed by atoms with Crippen LogP contribution in [0.25, 0.3) is 0 Å². The second-order valence-electron chi connectivity index (χ2n) is 4.72. The lowest BCUT2D eigenvalue weighted by Gasteiger charge is -2.20. The van der Waals surface area contributed by atoms with Crippen molar-refractivity contribution in [3.8, 4) is 0 Å². The van der Waals surface area contributed by atoms with Crippen LogP contribution in [-0.4, -0.2) is 24.4 Å². The lowest BCUT2D eigenvalue weighted by molar-refractivity contribution is 0.101. The van der Waals surface area contributed by atoms with Crippen molar-refractivity contribution in [2.45, 2.75) is 13.3 Å². The number of carbonyl (C=O) groups excluding carboxylic acids is 1. The van der Waals surface area contributed by atoms with Crippen LogP contribution in [0.15, 0.2) is 42.6 Å². The number of nitrogens with zero attached hydrogens (tertiary/aromatic N) is 2. The van der Waals surface area contributed by atoms with Crippen LogP contribution in [-0.2, 0) is 6.42 Å². The smallest absolute Gasteiger partial charge is 0.159 e. The van der Waals surface area contributed by atoms with Crippen LogP contribution in [0.5, 0.6) is 0 Å². The van der Waals surface area contributed by atoms with Crippen molar-refractivity contribution in [1.29, 1.82) is 0 Å². The van der Waals surface area contributed by atoms with Gasteiger partial charge in [0.1, 0.15) is 0 Å². The fourth-order valence-electron chi connectivity index (χ4n) is 1.98. The van der Waals surface area contributed by atoms with Crippen LogP contribution >= 0.6 is 11.6 Å². The number of pyridine rings is 1. The summed E-state index contributed by atoms with van der Waals surface area (Å²) in [5, 5.41) is 0.598. The topological polar surface area (TPSA) is 33.2 Å². The summed E-state index contributed by atoms with van der Waals surface area (Å²) in [7, 11) is 1.98. The summed E-state index contributed by atoms with van der Waals surface area (Å²) >= 11 is 6.24. The number of rotatable bonds is 5. The second-order valence-corrected chi connectivity index (χ2v) is 5.12. The van der Waals surface area contributed by atoms with Crippen molar-refractivity contribution in [3.05, 3.63) is 58.9 Å². The Bertz CT molecular complexity index is 599. The molecule has 0 unspecified atom stereocenters. The average Bonchev–Trinajstić information content (AvgIpc) is 2.45. The molecule has 1 aromatic carbocycles. The molecule has 1 heterocycles. The first kappa shape index (κ1) is 14.5. The van der Waals surface area contributed by atoms with Gasteiger partial charge >= 0.3 is 0 Å². The Morgan fingerprint density at radius 2 is 2.10 bits per heavy atom. The van der Waals surface area contributed by atoms with Gasteiger partial charge in [-0.1, -0.05) is 17.7 Å². The number of benzene rings is 1. The predicted octanol–water partition coefficient (Wildman–Crippen LogP) is 3.62. The van der Waals surface area contributed by atoms with Crippen LogP contribution in [0.2, 0.25) is 5.02 Å². The summed E-state index contributed by atoms with van der Waals surface area (Å²) in [6.45, 7) is 2.35. The molecule has 3 nitrogen and oxygen atoms in total. The molecule has 0 radical (unpaired) electrons. The third-order valence-electron chi connectivity index (χ3n) is 3.19. The minimum absolute atomic E-state index is 0.0228. The van der Waals surface area contributed by atoms with Crippen LogP contribution in [0.1, 0.15) is 23.0 Å². The third-order valence-corrected chi connectivity index (χ3v) is 3.50. The first-order chi connectivity index (χ1) is 9.58. The molecule has 1 aromatic heterocycles. The molecule has 0 saturated carbocycles. The number of carbonyl (C=O) groups is 1. The summed E-state index contributed by atoms with van der Waals surface area (Å²) < 4.78 is 0. The quantitative estimate of drug-likeness (QED) is 0.788. The van der Waals surface area contributed by atoms with Gasteiger partial charge in [-0.25, -0.2) is 0 Å². The number of likely N-dealkylation sites (N-methyl/N-ethyl adjacent to an activating group) is 1. The second kappa shape index (κ2) is 6.53. The Kier molecular flexibility index (Phi) is 4.74. The molecule has 104 valence electrons. The Labute approximate surface area is 124 Å². The average molecular weight is 289 g/mol. The highest BCUT2D eigenvalue weighted by molar-refractivity contribution is 6.33. The molecule has 20 heavy (non-hydrogen) atoms. The molecule has 0 bridgehead atoms. The van der Waals surface area contributed by atoms with E-state index < -0.39 is 0 Å². The van der Waals surface area contributed by atoms with Crippen LogP contribution in [0, 0.1) is 0 Å². The van der Waals surface area contributed by atoms with Crippen molar-refractivity contribution < 1.29 is 4.79 Å². The van der Waals surface area contributed by atoms with Crippen LogP contribution in [0.4, 0.5) is 5.69 Å². The fourth-order valence-corrected chi connectivity index (χ4v) is 2.31. The molecule has 0 aliphatic carbocycles. The van der Waals surface area contributed by atoms with Crippen molar-refractivity contribution in [2.24, 2.45) is 0 Å². The van der Waals surface area contributed by atoms with E-state index in [0.717, 1.165) is 24.3 Å².